The average molecular weight is 348 g/mol. The van der Waals surface area contributed by atoms with Crippen LogP contribution in [0.15, 0.2) is 18.2 Å². The predicted molar refractivity (Wildman–Crippen MR) is 94.3 cm³/mol. The van der Waals surface area contributed by atoms with Crippen LogP contribution in [0.1, 0.15) is 19.8 Å². The van der Waals surface area contributed by atoms with Crippen LogP contribution in [0.3, 0.4) is 0 Å². The molecule has 1 aromatic carbocycles. The van der Waals surface area contributed by atoms with Crippen molar-refractivity contribution >= 4 is 29.1 Å². The average Bonchev–Trinajstić information content (AvgIpc) is 2.55. The first-order valence-electron chi connectivity index (χ1n) is 8.16. The Bertz CT molecular complexity index is 654. The van der Waals surface area contributed by atoms with Crippen LogP contribution in [-0.4, -0.2) is 49.4 Å². The summed E-state index contributed by atoms with van der Waals surface area (Å²) in [5.74, 6) is -0.247. The minimum Gasteiger partial charge on any atom is -0.495 e. The topological polar surface area (TPSA) is 114 Å². The molecule has 0 aromatic heterocycles. The third-order valence-corrected chi connectivity index (χ3v) is 4.15. The van der Waals surface area contributed by atoms with Crippen LogP contribution in [0.25, 0.3) is 0 Å². The number of hydrogen-bond donors (Lipinski definition) is 3. The molecule has 8 heteroatoms. The largest absolute Gasteiger partial charge is 0.495 e. The maximum absolute atomic E-state index is 12.3. The van der Waals surface area contributed by atoms with Crippen LogP contribution in [0.5, 0.6) is 5.75 Å². The summed E-state index contributed by atoms with van der Waals surface area (Å²) in [5.41, 5.74) is 6.38. The zero-order chi connectivity index (χ0) is 18.4. The van der Waals surface area contributed by atoms with Gasteiger partial charge in [-0.05, 0) is 44.1 Å². The van der Waals surface area contributed by atoms with Gasteiger partial charge in [-0.25, -0.2) is 0 Å². The van der Waals surface area contributed by atoms with Crippen molar-refractivity contribution in [2.75, 3.05) is 37.4 Å². The first-order chi connectivity index (χ1) is 11.9. The third kappa shape index (κ3) is 5.46. The molecule has 1 aliphatic rings. The number of ether oxygens (including phenoxy) is 1. The summed E-state index contributed by atoms with van der Waals surface area (Å²) in [4.78, 5) is 36.6. The van der Waals surface area contributed by atoms with Crippen molar-refractivity contribution < 1.29 is 19.1 Å². The van der Waals surface area contributed by atoms with Crippen molar-refractivity contribution in [2.24, 2.45) is 11.7 Å². The van der Waals surface area contributed by atoms with E-state index in [4.69, 9.17) is 10.5 Å². The number of methoxy groups -OCH3 is 1. The first kappa shape index (κ1) is 18.7. The van der Waals surface area contributed by atoms with Gasteiger partial charge in [-0.2, -0.15) is 0 Å². The Morgan fingerprint density at radius 3 is 2.48 bits per heavy atom. The van der Waals surface area contributed by atoms with Gasteiger partial charge in [-0.1, -0.05) is 0 Å². The Hall–Kier alpha value is -2.61. The molecule has 8 nitrogen and oxygen atoms in total. The standard InChI is InChI=1S/C17H24N4O4/c1-11(22)19-13-3-4-15(25-2)14(9-13)20-16(23)10-21-7-5-12(6-8-21)17(18)24/h3-4,9,12H,5-8,10H2,1-2H3,(H2,18,24)(H,19,22)(H,20,23). The second kappa shape index (κ2) is 8.48. The lowest BCUT2D eigenvalue weighted by Gasteiger charge is -2.29. The lowest BCUT2D eigenvalue weighted by atomic mass is 9.96. The number of primary amides is 1. The van der Waals surface area contributed by atoms with Crippen LogP contribution < -0.4 is 21.1 Å². The third-order valence-electron chi connectivity index (χ3n) is 4.15. The smallest absolute Gasteiger partial charge is 0.238 e. The van der Waals surface area contributed by atoms with Crippen molar-refractivity contribution in [3.8, 4) is 5.75 Å². The van der Waals surface area contributed by atoms with E-state index in [0.717, 1.165) is 0 Å². The number of amides is 3. The van der Waals surface area contributed by atoms with Gasteiger partial charge in [0.2, 0.25) is 17.7 Å². The summed E-state index contributed by atoms with van der Waals surface area (Å²) >= 11 is 0. The SMILES string of the molecule is COc1ccc(NC(C)=O)cc1NC(=O)CN1CCC(C(N)=O)CC1. The highest BCUT2D eigenvalue weighted by Crippen LogP contribution is 2.28. The fourth-order valence-electron chi connectivity index (χ4n) is 2.86. The van der Waals surface area contributed by atoms with Gasteiger partial charge in [-0.3, -0.25) is 19.3 Å². The number of nitrogens with two attached hydrogens (primary N) is 1. The zero-order valence-corrected chi connectivity index (χ0v) is 14.5. The minimum absolute atomic E-state index is 0.103. The van der Waals surface area contributed by atoms with Crippen molar-refractivity contribution in [1.29, 1.82) is 0 Å². The molecule has 0 radical (unpaired) electrons. The van der Waals surface area contributed by atoms with E-state index in [1.165, 1.54) is 14.0 Å². The van der Waals surface area contributed by atoms with Gasteiger partial charge >= 0.3 is 0 Å². The van der Waals surface area contributed by atoms with Crippen molar-refractivity contribution in [3.63, 3.8) is 0 Å². The lowest BCUT2D eigenvalue weighted by molar-refractivity contribution is -0.123. The van der Waals surface area contributed by atoms with Crippen molar-refractivity contribution in [3.05, 3.63) is 18.2 Å². The second-order valence-electron chi connectivity index (χ2n) is 6.10. The van der Waals surface area contributed by atoms with Gasteiger partial charge in [0.25, 0.3) is 0 Å². The molecule has 2 rings (SSSR count). The molecule has 1 fully saturated rings. The van der Waals surface area contributed by atoms with E-state index < -0.39 is 0 Å². The molecule has 0 spiro atoms. The summed E-state index contributed by atoms with van der Waals surface area (Å²) in [7, 11) is 1.51. The zero-order valence-electron chi connectivity index (χ0n) is 14.5. The summed E-state index contributed by atoms with van der Waals surface area (Å²) in [6, 6.07) is 5.03. The molecule has 0 aliphatic carbocycles. The minimum atomic E-state index is -0.274. The van der Waals surface area contributed by atoms with Crippen LogP contribution >= 0.6 is 0 Å². The van der Waals surface area contributed by atoms with E-state index >= 15 is 0 Å². The number of nitrogens with one attached hydrogen (secondary N) is 2. The van der Waals surface area contributed by atoms with E-state index in [1.807, 2.05) is 4.90 Å². The number of anilines is 2. The summed E-state index contributed by atoms with van der Waals surface area (Å²) in [6.45, 7) is 2.95. The molecular weight excluding hydrogens is 324 g/mol. The van der Waals surface area contributed by atoms with Crippen LogP contribution in [0.2, 0.25) is 0 Å². The molecule has 0 saturated carbocycles. The summed E-state index contributed by atoms with van der Waals surface area (Å²) in [5, 5.41) is 5.47. The van der Waals surface area contributed by atoms with Crippen LogP contribution in [0, 0.1) is 5.92 Å². The number of carbonyl (C=O) groups is 3. The molecule has 1 aliphatic heterocycles. The maximum atomic E-state index is 12.3. The van der Waals surface area contributed by atoms with E-state index in [0.29, 0.717) is 43.1 Å². The number of rotatable bonds is 6. The van der Waals surface area contributed by atoms with Crippen LogP contribution in [0.4, 0.5) is 11.4 Å². The number of likely N-dealkylation sites (tertiary alicyclic amines) is 1. The molecule has 1 heterocycles. The van der Waals surface area contributed by atoms with Gasteiger partial charge in [0, 0.05) is 18.5 Å². The molecule has 1 saturated heterocycles. The number of benzene rings is 1. The van der Waals surface area contributed by atoms with E-state index in [2.05, 4.69) is 10.6 Å². The highest BCUT2D eigenvalue weighted by atomic mass is 16.5. The van der Waals surface area contributed by atoms with Crippen LogP contribution in [-0.2, 0) is 14.4 Å². The van der Waals surface area contributed by atoms with E-state index in [9.17, 15) is 14.4 Å². The Morgan fingerprint density at radius 1 is 1.24 bits per heavy atom. The van der Waals surface area contributed by atoms with E-state index in [-0.39, 0.29) is 30.2 Å². The fourth-order valence-corrected chi connectivity index (χ4v) is 2.86. The molecule has 136 valence electrons. The van der Waals surface area contributed by atoms with Crippen molar-refractivity contribution in [2.45, 2.75) is 19.8 Å². The van der Waals surface area contributed by atoms with Gasteiger partial charge in [0.1, 0.15) is 5.75 Å². The summed E-state index contributed by atoms with van der Waals surface area (Å²) in [6.07, 6.45) is 1.34. The number of nitrogens with zero attached hydrogens (tertiary/aromatic N) is 1. The first-order valence-corrected chi connectivity index (χ1v) is 8.16. The Labute approximate surface area is 146 Å². The number of piperidine rings is 1. The van der Waals surface area contributed by atoms with Crippen molar-refractivity contribution in [1.82, 2.24) is 4.90 Å². The number of hydrogen-bond acceptors (Lipinski definition) is 5. The Balaban J connectivity index is 1.95. The van der Waals surface area contributed by atoms with Gasteiger partial charge in [0.05, 0.1) is 19.3 Å². The maximum Gasteiger partial charge on any atom is 0.238 e. The highest BCUT2D eigenvalue weighted by molar-refractivity contribution is 5.95. The molecule has 4 N–H and O–H groups in total. The predicted octanol–water partition coefficient (Wildman–Crippen LogP) is 0.789. The molecule has 0 bridgehead atoms. The molecule has 3 amide bonds. The quantitative estimate of drug-likeness (QED) is 0.703. The van der Waals surface area contributed by atoms with E-state index in [1.54, 1.807) is 18.2 Å². The van der Waals surface area contributed by atoms with Gasteiger partial charge < -0.3 is 21.1 Å². The molecule has 0 unspecified atom stereocenters. The van der Waals surface area contributed by atoms with Gasteiger partial charge in [0.15, 0.2) is 0 Å². The Morgan fingerprint density at radius 2 is 1.92 bits per heavy atom. The normalized spacial score (nSPS) is 15.4. The second-order valence-corrected chi connectivity index (χ2v) is 6.10. The summed E-state index contributed by atoms with van der Waals surface area (Å²) < 4.78 is 5.24. The highest BCUT2D eigenvalue weighted by Gasteiger charge is 2.24. The molecular formula is C17H24N4O4. The fraction of sp³-hybridized carbons (Fsp3) is 0.471. The monoisotopic (exact) mass is 348 g/mol. The van der Waals surface area contributed by atoms with Gasteiger partial charge in [-0.15, -0.1) is 0 Å². The number of carbonyl (C=O) groups excluding carboxylic acids is 3. The Kier molecular flexibility index (Phi) is 6.35. The molecule has 1 aromatic rings. The molecule has 25 heavy (non-hydrogen) atoms. The molecule has 0 atom stereocenters. The lowest BCUT2D eigenvalue weighted by Crippen LogP contribution is -2.42.